The SMILES string of the molecule is Cc1c(O)c(C[NH+]2CCCC2)cc2c3c(c(=O)oc12)CCCC3. The average Bonchev–Trinajstić information content (AvgIpc) is 3.07. The Hall–Kier alpha value is -1.81. The van der Waals surface area contributed by atoms with Crippen molar-refractivity contribution in [3.63, 3.8) is 0 Å². The first-order chi connectivity index (χ1) is 11.1. The van der Waals surface area contributed by atoms with Crippen LogP contribution in [0.1, 0.15) is 47.9 Å². The molecule has 1 aromatic carbocycles. The molecule has 1 saturated heterocycles. The minimum atomic E-state index is -0.215. The molecule has 4 heteroatoms. The van der Waals surface area contributed by atoms with E-state index in [0.29, 0.717) is 16.9 Å². The Morgan fingerprint density at radius 2 is 1.83 bits per heavy atom. The number of likely N-dealkylation sites (tertiary alicyclic amines) is 1. The fourth-order valence-corrected chi connectivity index (χ4v) is 4.25. The van der Waals surface area contributed by atoms with E-state index in [0.717, 1.165) is 54.3 Å². The van der Waals surface area contributed by atoms with E-state index >= 15 is 0 Å². The summed E-state index contributed by atoms with van der Waals surface area (Å²) >= 11 is 0. The topological polar surface area (TPSA) is 54.9 Å². The zero-order valence-corrected chi connectivity index (χ0v) is 13.7. The Kier molecular flexibility index (Phi) is 3.64. The lowest BCUT2D eigenvalue weighted by atomic mass is 9.89. The van der Waals surface area contributed by atoms with Crippen molar-refractivity contribution in [1.82, 2.24) is 0 Å². The van der Waals surface area contributed by atoms with Gasteiger partial charge in [-0.1, -0.05) is 0 Å². The molecule has 2 aliphatic rings. The summed E-state index contributed by atoms with van der Waals surface area (Å²) in [5, 5.41) is 11.6. The van der Waals surface area contributed by atoms with Crippen molar-refractivity contribution in [3.8, 4) is 5.75 Å². The summed E-state index contributed by atoms with van der Waals surface area (Å²) in [6.07, 6.45) is 6.49. The Bertz CT molecular complexity index is 816. The lowest BCUT2D eigenvalue weighted by molar-refractivity contribution is -0.901. The molecule has 4 rings (SSSR count). The summed E-state index contributed by atoms with van der Waals surface area (Å²) in [4.78, 5) is 13.8. The van der Waals surface area contributed by atoms with Gasteiger partial charge in [0, 0.05) is 34.9 Å². The highest BCUT2D eigenvalue weighted by molar-refractivity contribution is 5.87. The summed E-state index contributed by atoms with van der Waals surface area (Å²) in [5.41, 5.74) is 4.08. The lowest BCUT2D eigenvalue weighted by Gasteiger charge is -2.19. The molecular weight excluding hydrogens is 290 g/mol. The molecule has 1 aliphatic heterocycles. The molecule has 0 radical (unpaired) electrons. The normalized spacial score (nSPS) is 18.5. The molecule has 0 bridgehead atoms. The van der Waals surface area contributed by atoms with Gasteiger partial charge in [-0.25, -0.2) is 4.79 Å². The van der Waals surface area contributed by atoms with Gasteiger partial charge in [-0.15, -0.1) is 0 Å². The summed E-state index contributed by atoms with van der Waals surface area (Å²) in [6.45, 7) is 5.08. The minimum absolute atomic E-state index is 0.215. The maximum Gasteiger partial charge on any atom is 0.339 e. The summed E-state index contributed by atoms with van der Waals surface area (Å²) in [5.74, 6) is 0.302. The third kappa shape index (κ3) is 2.45. The molecule has 0 unspecified atom stereocenters. The van der Waals surface area contributed by atoms with Crippen LogP contribution in [0, 0.1) is 6.92 Å². The molecule has 1 aliphatic carbocycles. The number of hydrogen-bond acceptors (Lipinski definition) is 3. The number of benzene rings is 1. The fourth-order valence-electron chi connectivity index (χ4n) is 4.25. The number of nitrogens with one attached hydrogen (secondary N) is 1. The zero-order valence-electron chi connectivity index (χ0n) is 13.7. The number of phenolic OH excluding ortho intramolecular Hbond substituents is 1. The van der Waals surface area contributed by atoms with Crippen LogP contribution in [-0.2, 0) is 19.4 Å². The highest BCUT2D eigenvalue weighted by atomic mass is 16.4. The molecule has 0 spiro atoms. The van der Waals surface area contributed by atoms with Gasteiger partial charge < -0.3 is 14.4 Å². The largest absolute Gasteiger partial charge is 0.507 e. The summed E-state index contributed by atoms with van der Waals surface area (Å²) in [7, 11) is 0. The Morgan fingerprint density at radius 3 is 2.57 bits per heavy atom. The standard InChI is InChI=1S/C19H23NO3/c1-12-17(21)13(11-20-8-4-5-9-20)10-16-14-6-2-3-7-15(14)19(22)23-18(12)16/h10,21H,2-9,11H2,1H3/p+1. The Morgan fingerprint density at radius 1 is 1.13 bits per heavy atom. The third-order valence-electron chi connectivity index (χ3n) is 5.55. The van der Waals surface area contributed by atoms with Crippen molar-refractivity contribution in [2.75, 3.05) is 13.1 Å². The van der Waals surface area contributed by atoms with E-state index < -0.39 is 0 Å². The second kappa shape index (κ2) is 5.68. The molecule has 2 N–H and O–H groups in total. The second-order valence-corrected chi connectivity index (χ2v) is 7.07. The van der Waals surface area contributed by atoms with E-state index in [2.05, 4.69) is 6.07 Å². The van der Waals surface area contributed by atoms with Crippen LogP contribution in [0.5, 0.6) is 5.75 Å². The molecule has 0 atom stereocenters. The fraction of sp³-hybridized carbons (Fsp3) is 0.526. The maximum absolute atomic E-state index is 12.3. The minimum Gasteiger partial charge on any atom is -0.507 e. The van der Waals surface area contributed by atoms with Crippen LogP contribution in [0.25, 0.3) is 11.0 Å². The molecule has 0 amide bonds. The molecule has 23 heavy (non-hydrogen) atoms. The number of hydrogen-bond donors (Lipinski definition) is 2. The molecule has 2 aromatic rings. The molecule has 0 saturated carbocycles. The van der Waals surface area contributed by atoms with Crippen LogP contribution in [0.2, 0.25) is 0 Å². The van der Waals surface area contributed by atoms with Gasteiger partial charge in [0.25, 0.3) is 0 Å². The first-order valence-corrected chi connectivity index (χ1v) is 8.78. The number of quaternary nitrogens is 1. The van der Waals surface area contributed by atoms with Crippen molar-refractivity contribution in [2.45, 2.75) is 52.0 Å². The van der Waals surface area contributed by atoms with E-state index in [4.69, 9.17) is 4.42 Å². The van der Waals surface area contributed by atoms with E-state index in [1.165, 1.54) is 30.8 Å². The van der Waals surface area contributed by atoms with Crippen molar-refractivity contribution in [1.29, 1.82) is 0 Å². The number of fused-ring (bicyclic) bond motifs is 3. The molecule has 122 valence electrons. The molecular formula is C19H24NO3+. The predicted octanol–water partition coefficient (Wildman–Crippen LogP) is 1.86. The van der Waals surface area contributed by atoms with E-state index in [1.54, 1.807) is 0 Å². The smallest absolute Gasteiger partial charge is 0.339 e. The van der Waals surface area contributed by atoms with Crippen LogP contribution in [-0.4, -0.2) is 18.2 Å². The quantitative estimate of drug-likeness (QED) is 0.832. The number of rotatable bonds is 2. The third-order valence-corrected chi connectivity index (χ3v) is 5.55. The van der Waals surface area contributed by atoms with Gasteiger partial charge in [-0.2, -0.15) is 0 Å². The van der Waals surface area contributed by atoms with E-state index in [-0.39, 0.29) is 5.63 Å². The van der Waals surface area contributed by atoms with Gasteiger partial charge in [-0.3, -0.25) is 0 Å². The first-order valence-electron chi connectivity index (χ1n) is 8.78. The number of aryl methyl sites for hydroxylation is 2. The monoisotopic (exact) mass is 314 g/mol. The lowest BCUT2D eigenvalue weighted by Crippen LogP contribution is -3.08. The number of phenols is 1. The van der Waals surface area contributed by atoms with Crippen LogP contribution in [0.3, 0.4) is 0 Å². The van der Waals surface area contributed by atoms with Crippen molar-refractivity contribution in [2.24, 2.45) is 0 Å². The van der Waals surface area contributed by atoms with Gasteiger partial charge in [0.15, 0.2) is 0 Å². The van der Waals surface area contributed by atoms with Crippen molar-refractivity contribution < 1.29 is 14.4 Å². The van der Waals surface area contributed by atoms with E-state index in [9.17, 15) is 9.90 Å². The van der Waals surface area contributed by atoms with E-state index in [1.807, 2.05) is 6.92 Å². The summed E-state index contributed by atoms with van der Waals surface area (Å²) < 4.78 is 5.57. The molecule has 2 heterocycles. The predicted molar refractivity (Wildman–Crippen MR) is 89.2 cm³/mol. The highest BCUT2D eigenvalue weighted by Gasteiger charge is 2.24. The van der Waals surface area contributed by atoms with Crippen LogP contribution < -0.4 is 10.5 Å². The number of aromatic hydroxyl groups is 1. The van der Waals surface area contributed by atoms with Crippen molar-refractivity contribution >= 4 is 11.0 Å². The zero-order chi connectivity index (χ0) is 16.0. The maximum atomic E-state index is 12.3. The Labute approximate surface area is 135 Å². The molecule has 4 nitrogen and oxygen atoms in total. The Balaban J connectivity index is 1.90. The second-order valence-electron chi connectivity index (χ2n) is 7.07. The average molecular weight is 314 g/mol. The van der Waals surface area contributed by atoms with Crippen LogP contribution in [0.15, 0.2) is 15.3 Å². The van der Waals surface area contributed by atoms with Gasteiger partial charge in [0.1, 0.15) is 17.9 Å². The van der Waals surface area contributed by atoms with Crippen LogP contribution in [0.4, 0.5) is 0 Å². The molecule has 1 aromatic heterocycles. The van der Waals surface area contributed by atoms with Gasteiger partial charge >= 0.3 is 5.63 Å². The van der Waals surface area contributed by atoms with Crippen LogP contribution >= 0.6 is 0 Å². The van der Waals surface area contributed by atoms with Gasteiger partial charge in [-0.05, 0) is 44.2 Å². The highest BCUT2D eigenvalue weighted by Crippen LogP contribution is 2.34. The molecule has 1 fully saturated rings. The summed E-state index contributed by atoms with van der Waals surface area (Å²) in [6, 6.07) is 2.08. The van der Waals surface area contributed by atoms with Gasteiger partial charge in [0.2, 0.25) is 0 Å². The first kappa shape index (κ1) is 14.8. The van der Waals surface area contributed by atoms with Crippen molar-refractivity contribution in [3.05, 3.63) is 38.7 Å². The van der Waals surface area contributed by atoms with Gasteiger partial charge in [0.05, 0.1) is 13.1 Å².